The number of hydrogen-bond acceptors (Lipinski definition) is 7. The molecule has 0 bridgehead atoms. The van der Waals surface area contributed by atoms with Gasteiger partial charge in [-0.3, -0.25) is 14.9 Å². The molecule has 2 aliphatic rings. The summed E-state index contributed by atoms with van der Waals surface area (Å²) >= 11 is 0. The zero-order chi connectivity index (χ0) is 18.4. The van der Waals surface area contributed by atoms with Crippen LogP contribution in [0.4, 0.5) is 11.4 Å². The second-order valence-electron chi connectivity index (χ2n) is 6.20. The quantitative estimate of drug-likeness (QED) is 0.431. The molecule has 0 spiro atoms. The summed E-state index contributed by atoms with van der Waals surface area (Å²) in [6.07, 6.45) is 3.43. The van der Waals surface area contributed by atoms with Crippen LogP contribution in [-0.4, -0.2) is 67.9 Å². The number of benzene rings is 1. The predicted molar refractivity (Wildman–Crippen MR) is 95.5 cm³/mol. The lowest BCUT2D eigenvalue weighted by Crippen LogP contribution is -2.36. The highest BCUT2D eigenvalue weighted by Gasteiger charge is 2.22. The van der Waals surface area contributed by atoms with Gasteiger partial charge < -0.3 is 19.4 Å². The fourth-order valence-electron chi connectivity index (χ4n) is 3.09. The lowest BCUT2D eigenvalue weighted by molar-refractivity contribution is -0.384. The molecule has 140 valence electrons. The molecule has 1 aromatic rings. The summed E-state index contributed by atoms with van der Waals surface area (Å²) in [5, 5.41) is 15.2. The van der Waals surface area contributed by atoms with Gasteiger partial charge in [0.2, 0.25) is 0 Å². The molecule has 2 saturated heterocycles. The number of rotatable bonds is 6. The minimum atomic E-state index is -0.403. The van der Waals surface area contributed by atoms with Crippen molar-refractivity contribution in [3.05, 3.63) is 33.9 Å². The molecule has 9 heteroatoms. The van der Waals surface area contributed by atoms with Crippen LogP contribution >= 0.6 is 0 Å². The van der Waals surface area contributed by atoms with Gasteiger partial charge in [0.05, 0.1) is 24.4 Å². The fourth-order valence-corrected chi connectivity index (χ4v) is 3.09. The van der Waals surface area contributed by atoms with Crippen molar-refractivity contribution in [3.63, 3.8) is 0 Å². The van der Waals surface area contributed by atoms with Crippen molar-refractivity contribution in [3.8, 4) is 0 Å². The zero-order valence-corrected chi connectivity index (χ0v) is 14.5. The molecular formula is C17H22N4O5. The van der Waals surface area contributed by atoms with Crippen LogP contribution in [-0.2, 0) is 14.4 Å². The topological polar surface area (TPSA) is 97.5 Å². The molecule has 2 fully saturated rings. The van der Waals surface area contributed by atoms with Crippen molar-refractivity contribution in [2.75, 3.05) is 50.9 Å². The van der Waals surface area contributed by atoms with Crippen molar-refractivity contribution in [1.29, 1.82) is 0 Å². The van der Waals surface area contributed by atoms with Crippen molar-refractivity contribution >= 4 is 23.5 Å². The molecule has 1 amide bonds. The van der Waals surface area contributed by atoms with Crippen LogP contribution in [0.3, 0.4) is 0 Å². The Labute approximate surface area is 151 Å². The van der Waals surface area contributed by atoms with Crippen LogP contribution in [0.15, 0.2) is 23.4 Å². The highest BCUT2D eigenvalue weighted by Crippen LogP contribution is 2.29. The van der Waals surface area contributed by atoms with Crippen LogP contribution in [0.25, 0.3) is 0 Å². The molecule has 0 aliphatic carbocycles. The number of carbonyl (C=O) groups is 1. The molecule has 3 rings (SSSR count). The molecule has 0 unspecified atom stereocenters. The summed E-state index contributed by atoms with van der Waals surface area (Å²) < 4.78 is 5.29. The van der Waals surface area contributed by atoms with Crippen molar-refractivity contribution in [2.24, 2.45) is 5.16 Å². The van der Waals surface area contributed by atoms with E-state index in [0.717, 1.165) is 25.9 Å². The Balaban J connectivity index is 1.61. The second-order valence-corrected chi connectivity index (χ2v) is 6.20. The largest absolute Gasteiger partial charge is 0.386 e. The van der Waals surface area contributed by atoms with E-state index in [1.165, 1.54) is 12.3 Å². The third-order valence-corrected chi connectivity index (χ3v) is 4.47. The number of morpholine rings is 1. The van der Waals surface area contributed by atoms with Crippen LogP contribution in [0, 0.1) is 10.1 Å². The lowest BCUT2D eigenvalue weighted by atomic mass is 10.1. The normalized spacial score (nSPS) is 17.7. The Morgan fingerprint density at radius 3 is 2.69 bits per heavy atom. The molecular weight excluding hydrogens is 340 g/mol. The predicted octanol–water partition coefficient (Wildman–Crippen LogP) is 1.40. The maximum Gasteiger partial charge on any atom is 0.293 e. The Morgan fingerprint density at radius 1 is 1.27 bits per heavy atom. The number of nitro groups is 1. The average molecular weight is 362 g/mol. The number of carbonyl (C=O) groups excluding carboxylic acids is 1. The number of likely N-dealkylation sites (tertiary alicyclic amines) is 1. The summed E-state index contributed by atoms with van der Waals surface area (Å²) in [6, 6.07) is 4.91. The molecule has 0 saturated carbocycles. The van der Waals surface area contributed by atoms with Crippen LogP contribution in [0.5, 0.6) is 0 Å². The molecule has 9 nitrogen and oxygen atoms in total. The van der Waals surface area contributed by atoms with Gasteiger partial charge in [0.25, 0.3) is 11.6 Å². The average Bonchev–Trinajstić information content (AvgIpc) is 3.20. The number of oxime groups is 1. The number of hydrogen-bond donors (Lipinski definition) is 0. The Hall–Kier alpha value is -2.68. The van der Waals surface area contributed by atoms with E-state index < -0.39 is 4.92 Å². The van der Waals surface area contributed by atoms with Gasteiger partial charge in [-0.1, -0.05) is 11.2 Å². The first-order chi connectivity index (χ1) is 12.6. The van der Waals surface area contributed by atoms with Crippen molar-refractivity contribution in [2.45, 2.75) is 12.8 Å². The van der Waals surface area contributed by atoms with Crippen molar-refractivity contribution in [1.82, 2.24) is 4.90 Å². The summed E-state index contributed by atoms with van der Waals surface area (Å²) in [4.78, 5) is 31.6. The molecule has 2 aliphatic heterocycles. The van der Waals surface area contributed by atoms with Gasteiger partial charge in [0, 0.05) is 37.8 Å². The molecule has 0 N–H and O–H groups in total. The first-order valence-electron chi connectivity index (χ1n) is 8.69. The van der Waals surface area contributed by atoms with Crippen LogP contribution in [0.2, 0.25) is 0 Å². The number of ether oxygens (including phenoxy) is 1. The first-order valence-corrected chi connectivity index (χ1v) is 8.69. The summed E-state index contributed by atoms with van der Waals surface area (Å²) in [5.41, 5.74) is 1.13. The van der Waals surface area contributed by atoms with Gasteiger partial charge in [0.15, 0.2) is 6.61 Å². The molecule has 0 aromatic heterocycles. The number of nitro benzene ring substituents is 1. The van der Waals surface area contributed by atoms with E-state index in [0.29, 0.717) is 37.6 Å². The Kier molecular flexibility index (Phi) is 6.00. The summed E-state index contributed by atoms with van der Waals surface area (Å²) in [7, 11) is 0. The highest BCUT2D eigenvalue weighted by molar-refractivity contribution is 5.83. The monoisotopic (exact) mass is 362 g/mol. The lowest BCUT2D eigenvalue weighted by Gasteiger charge is -2.28. The summed E-state index contributed by atoms with van der Waals surface area (Å²) in [5.74, 6) is -0.0895. The smallest absolute Gasteiger partial charge is 0.293 e. The molecule has 26 heavy (non-hydrogen) atoms. The molecule has 1 aromatic carbocycles. The Bertz CT molecular complexity index is 682. The van der Waals surface area contributed by atoms with Crippen LogP contribution < -0.4 is 4.90 Å². The standard InChI is InChI=1S/C17H22N4O5/c22-17(20-5-1-2-6-20)13-26-18-12-14-3-4-15(16(11-14)21(23)24)19-7-9-25-10-8-19/h3-4,11-12H,1-2,5-10,13H2/b18-12-. The van der Waals surface area contributed by atoms with E-state index in [1.807, 2.05) is 4.90 Å². The van der Waals surface area contributed by atoms with Crippen molar-refractivity contribution < 1.29 is 19.3 Å². The van der Waals surface area contributed by atoms with E-state index in [1.54, 1.807) is 17.0 Å². The fraction of sp³-hybridized carbons (Fsp3) is 0.529. The van der Waals surface area contributed by atoms with E-state index in [4.69, 9.17) is 9.57 Å². The third kappa shape index (κ3) is 4.48. The van der Waals surface area contributed by atoms with Gasteiger partial charge in [-0.25, -0.2) is 0 Å². The van der Waals surface area contributed by atoms with Gasteiger partial charge in [-0.05, 0) is 18.9 Å². The first kappa shape index (κ1) is 18.1. The number of nitrogens with zero attached hydrogens (tertiary/aromatic N) is 4. The third-order valence-electron chi connectivity index (χ3n) is 4.47. The van der Waals surface area contributed by atoms with E-state index >= 15 is 0 Å². The zero-order valence-electron chi connectivity index (χ0n) is 14.5. The highest BCUT2D eigenvalue weighted by atomic mass is 16.6. The van der Waals surface area contributed by atoms with Crippen LogP contribution in [0.1, 0.15) is 18.4 Å². The number of anilines is 1. The van der Waals surface area contributed by atoms with E-state index in [-0.39, 0.29) is 18.2 Å². The van der Waals surface area contributed by atoms with Gasteiger partial charge >= 0.3 is 0 Å². The molecule has 0 radical (unpaired) electrons. The number of amides is 1. The minimum Gasteiger partial charge on any atom is -0.386 e. The van der Waals surface area contributed by atoms with E-state index in [2.05, 4.69) is 5.16 Å². The van der Waals surface area contributed by atoms with Gasteiger partial charge in [0.1, 0.15) is 5.69 Å². The second kappa shape index (κ2) is 8.61. The minimum absolute atomic E-state index is 0.0176. The molecule has 2 heterocycles. The van der Waals surface area contributed by atoms with Gasteiger partial charge in [-0.15, -0.1) is 0 Å². The van der Waals surface area contributed by atoms with Gasteiger partial charge in [-0.2, -0.15) is 0 Å². The SMILES string of the molecule is O=C(CO/N=C\c1ccc(N2CCOCC2)c([N+](=O)[O-])c1)N1CCCC1. The maximum atomic E-state index is 11.8. The molecule has 0 atom stereocenters. The Morgan fingerprint density at radius 2 is 2.00 bits per heavy atom. The summed E-state index contributed by atoms with van der Waals surface area (Å²) in [6.45, 7) is 3.76. The maximum absolute atomic E-state index is 11.8. The van der Waals surface area contributed by atoms with E-state index in [9.17, 15) is 14.9 Å².